The average molecular weight is 269 g/mol. The van der Waals surface area contributed by atoms with Crippen LogP contribution in [0, 0.1) is 0 Å². The molecular formula is C13H23N3OS. The SMILES string of the molecule is CCNC(=O)CN(C)C(c1cccs1)C(N)CC. The van der Waals surface area contributed by atoms with Crippen LogP contribution < -0.4 is 11.1 Å². The maximum atomic E-state index is 11.6. The monoisotopic (exact) mass is 269 g/mol. The van der Waals surface area contributed by atoms with E-state index >= 15 is 0 Å². The van der Waals surface area contributed by atoms with Crippen LogP contribution >= 0.6 is 11.3 Å². The van der Waals surface area contributed by atoms with Crippen LogP contribution in [0.3, 0.4) is 0 Å². The summed E-state index contributed by atoms with van der Waals surface area (Å²) in [4.78, 5) is 14.9. The number of hydrogen-bond acceptors (Lipinski definition) is 4. The van der Waals surface area contributed by atoms with Gasteiger partial charge >= 0.3 is 0 Å². The first kappa shape index (κ1) is 15.1. The predicted octanol–water partition coefficient (Wildman–Crippen LogP) is 1.59. The van der Waals surface area contributed by atoms with E-state index in [0.29, 0.717) is 13.1 Å². The molecule has 0 aromatic carbocycles. The van der Waals surface area contributed by atoms with Crippen LogP contribution in [-0.2, 0) is 4.79 Å². The predicted molar refractivity (Wildman–Crippen MR) is 76.6 cm³/mol. The maximum Gasteiger partial charge on any atom is 0.234 e. The Hall–Kier alpha value is -0.910. The van der Waals surface area contributed by atoms with Crippen molar-refractivity contribution in [1.82, 2.24) is 10.2 Å². The summed E-state index contributed by atoms with van der Waals surface area (Å²) in [5.74, 6) is 0.0462. The molecule has 0 aliphatic heterocycles. The number of nitrogens with zero attached hydrogens (tertiary/aromatic N) is 1. The summed E-state index contributed by atoms with van der Waals surface area (Å²) in [5.41, 5.74) is 6.19. The number of likely N-dealkylation sites (N-methyl/N-ethyl adjacent to an activating group) is 2. The van der Waals surface area contributed by atoms with Crippen LogP contribution in [0.4, 0.5) is 0 Å². The summed E-state index contributed by atoms with van der Waals surface area (Å²) >= 11 is 1.69. The van der Waals surface area contributed by atoms with E-state index in [1.165, 1.54) is 4.88 Å². The summed E-state index contributed by atoms with van der Waals surface area (Å²) in [6.07, 6.45) is 0.891. The largest absolute Gasteiger partial charge is 0.355 e. The summed E-state index contributed by atoms with van der Waals surface area (Å²) < 4.78 is 0. The highest BCUT2D eigenvalue weighted by molar-refractivity contribution is 7.10. The number of amides is 1. The molecule has 0 spiro atoms. The van der Waals surface area contributed by atoms with E-state index in [1.54, 1.807) is 11.3 Å². The van der Waals surface area contributed by atoms with Crippen molar-refractivity contribution < 1.29 is 4.79 Å². The topological polar surface area (TPSA) is 58.4 Å². The Balaban J connectivity index is 2.74. The molecule has 1 heterocycles. The van der Waals surface area contributed by atoms with Crippen LogP contribution in [-0.4, -0.2) is 37.0 Å². The first-order valence-electron chi connectivity index (χ1n) is 6.36. The first-order valence-corrected chi connectivity index (χ1v) is 7.24. The number of thiophene rings is 1. The third-order valence-electron chi connectivity index (χ3n) is 2.95. The molecule has 0 fully saturated rings. The molecule has 1 aromatic rings. The summed E-state index contributed by atoms with van der Waals surface area (Å²) in [6.45, 7) is 5.04. The van der Waals surface area contributed by atoms with Crippen molar-refractivity contribution in [3.8, 4) is 0 Å². The van der Waals surface area contributed by atoms with Gasteiger partial charge in [-0.05, 0) is 31.8 Å². The van der Waals surface area contributed by atoms with E-state index in [9.17, 15) is 4.79 Å². The van der Waals surface area contributed by atoms with Gasteiger partial charge in [0.25, 0.3) is 0 Å². The number of carbonyl (C=O) groups is 1. The van der Waals surface area contributed by atoms with Crippen LogP contribution in [0.1, 0.15) is 31.2 Å². The van der Waals surface area contributed by atoms with Crippen molar-refractivity contribution in [3.63, 3.8) is 0 Å². The van der Waals surface area contributed by atoms with E-state index < -0.39 is 0 Å². The van der Waals surface area contributed by atoms with Crippen LogP contribution in [0.25, 0.3) is 0 Å². The summed E-state index contributed by atoms with van der Waals surface area (Å²) in [6, 6.07) is 4.26. The van der Waals surface area contributed by atoms with E-state index in [-0.39, 0.29) is 18.0 Å². The minimum Gasteiger partial charge on any atom is -0.355 e. The fraction of sp³-hybridized carbons (Fsp3) is 0.615. The molecule has 0 bridgehead atoms. The van der Waals surface area contributed by atoms with Crippen molar-refractivity contribution in [1.29, 1.82) is 0 Å². The second-order valence-electron chi connectivity index (χ2n) is 4.40. The zero-order chi connectivity index (χ0) is 13.5. The van der Waals surface area contributed by atoms with Gasteiger partial charge in [0, 0.05) is 17.5 Å². The Morgan fingerprint density at radius 3 is 2.78 bits per heavy atom. The van der Waals surface area contributed by atoms with Gasteiger partial charge in [0.2, 0.25) is 5.91 Å². The van der Waals surface area contributed by atoms with Crippen LogP contribution in [0.15, 0.2) is 17.5 Å². The quantitative estimate of drug-likeness (QED) is 0.790. The molecule has 0 saturated heterocycles. The molecule has 0 radical (unpaired) electrons. The molecule has 0 aliphatic rings. The lowest BCUT2D eigenvalue weighted by Crippen LogP contribution is -2.43. The van der Waals surface area contributed by atoms with E-state index in [0.717, 1.165) is 6.42 Å². The lowest BCUT2D eigenvalue weighted by atomic mass is 10.0. The zero-order valence-corrected chi connectivity index (χ0v) is 12.2. The standard InChI is InChI=1S/C13H23N3OS/c1-4-10(14)13(11-7-6-8-18-11)16(3)9-12(17)15-5-2/h6-8,10,13H,4-5,9,14H2,1-3H3,(H,15,17). The smallest absolute Gasteiger partial charge is 0.234 e. The first-order chi connectivity index (χ1) is 8.60. The number of rotatable bonds is 7. The third-order valence-corrected chi connectivity index (χ3v) is 3.90. The number of hydrogen-bond donors (Lipinski definition) is 2. The van der Waals surface area contributed by atoms with E-state index in [4.69, 9.17) is 5.73 Å². The van der Waals surface area contributed by atoms with Gasteiger partial charge in [0.05, 0.1) is 12.6 Å². The Labute approximate surface area is 113 Å². The highest BCUT2D eigenvalue weighted by Crippen LogP contribution is 2.27. The molecule has 1 amide bonds. The number of nitrogens with one attached hydrogen (secondary N) is 1. The molecule has 0 aliphatic carbocycles. The molecule has 4 nitrogen and oxygen atoms in total. The van der Waals surface area contributed by atoms with Crippen molar-refractivity contribution >= 4 is 17.2 Å². The van der Waals surface area contributed by atoms with Gasteiger partial charge in [-0.2, -0.15) is 0 Å². The Morgan fingerprint density at radius 2 is 2.28 bits per heavy atom. The fourth-order valence-corrected chi connectivity index (χ4v) is 2.98. The minimum absolute atomic E-state index is 0.0445. The summed E-state index contributed by atoms with van der Waals surface area (Å²) in [5, 5.41) is 4.86. The average Bonchev–Trinajstić information content (AvgIpc) is 2.82. The summed E-state index contributed by atoms with van der Waals surface area (Å²) in [7, 11) is 1.95. The third kappa shape index (κ3) is 4.08. The molecule has 102 valence electrons. The van der Waals surface area contributed by atoms with Crippen molar-refractivity contribution in [2.24, 2.45) is 5.73 Å². The molecule has 5 heteroatoms. The van der Waals surface area contributed by atoms with Gasteiger partial charge in [0.15, 0.2) is 0 Å². The van der Waals surface area contributed by atoms with Crippen LogP contribution in [0.2, 0.25) is 0 Å². The Morgan fingerprint density at radius 1 is 1.56 bits per heavy atom. The Bertz CT molecular complexity index is 353. The fourth-order valence-electron chi connectivity index (χ4n) is 2.02. The highest BCUT2D eigenvalue weighted by atomic mass is 32.1. The van der Waals surface area contributed by atoms with Crippen molar-refractivity contribution in [2.45, 2.75) is 32.4 Å². The lowest BCUT2D eigenvalue weighted by Gasteiger charge is -2.31. The Kier molecular flexibility index (Phi) is 6.32. The van der Waals surface area contributed by atoms with Crippen LogP contribution in [0.5, 0.6) is 0 Å². The number of nitrogens with two attached hydrogens (primary N) is 1. The van der Waals surface area contributed by atoms with Crippen molar-refractivity contribution in [2.75, 3.05) is 20.1 Å². The minimum atomic E-state index is 0.0445. The molecule has 0 saturated carbocycles. The molecular weight excluding hydrogens is 246 g/mol. The molecule has 1 rings (SSSR count). The molecule has 1 aromatic heterocycles. The second kappa shape index (κ2) is 7.51. The molecule has 3 N–H and O–H groups in total. The molecule has 2 atom stereocenters. The van der Waals surface area contributed by atoms with Gasteiger partial charge in [-0.1, -0.05) is 13.0 Å². The van der Waals surface area contributed by atoms with Gasteiger partial charge < -0.3 is 11.1 Å². The zero-order valence-electron chi connectivity index (χ0n) is 11.3. The normalized spacial score (nSPS) is 14.5. The van der Waals surface area contributed by atoms with Gasteiger partial charge in [-0.3, -0.25) is 9.69 Å². The van der Waals surface area contributed by atoms with Crippen molar-refractivity contribution in [3.05, 3.63) is 22.4 Å². The molecule has 2 unspecified atom stereocenters. The van der Waals surface area contributed by atoms with E-state index in [2.05, 4.69) is 18.3 Å². The number of carbonyl (C=O) groups excluding carboxylic acids is 1. The maximum absolute atomic E-state index is 11.6. The lowest BCUT2D eigenvalue weighted by molar-refractivity contribution is -0.122. The highest BCUT2D eigenvalue weighted by Gasteiger charge is 2.25. The second-order valence-corrected chi connectivity index (χ2v) is 5.38. The van der Waals surface area contributed by atoms with Gasteiger partial charge in [-0.25, -0.2) is 0 Å². The molecule has 18 heavy (non-hydrogen) atoms. The van der Waals surface area contributed by atoms with E-state index in [1.807, 2.05) is 30.3 Å². The van der Waals surface area contributed by atoms with Gasteiger partial charge in [-0.15, -0.1) is 11.3 Å². The van der Waals surface area contributed by atoms with Gasteiger partial charge in [0.1, 0.15) is 0 Å².